The molecule has 32 heavy (non-hydrogen) atoms. The molecule has 3 aromatic rings. The minimum Gasteiger partial charge on any atom is -0.465 e. The first kappa shape index (κ1) is 21.8. The Hall–Kier alpha value is -3.45. The van der Waals surface area contributed by atoms with Gasteiger partial charge in [-0.25, -0.2) is 4.79 Å². The summed E-state index contributed by atoms with van der Waals surface area (Å²) in [4.78, 5) is 37.0. The SMILES string of the molecule is COC(=O)c1c(NC(=O)CSc2nnnn2-c2ccc3c(c2)OCO3)sc(C(C)=O)c1C. The van der Waals surface area contributed by atoms with E-state index in [2.05, 4.69) is 20.8 Å². The van der Waals surface area contributed by atoms with Crippen LogP contribution in [0.25, 0.3) is 5.69 Å². The van der Waals surface area contributed by atoms with Crippen molar-refractivity contribution in [2.24, 2.45) is 0 Å². The van der Waals surface area contributed by atoms with Crippen molar-refractivity contribution in [3.8, 4) is 17.2 Å². The van der Waals surface area contributed by atoms with E-state index in [0.717, 1.165) is 23.1 Å². The highest BCUT2D eigenvalue weighted by Crippen LogP contribution is 2.35. The van der Waals surface area contributed by atoms with Crippen LogP contribution in [0.4, 0.5) is 5.00 Å². The quantitative estimate of drug-likeness (QED) is 0.308. The molecule has 3 heterocycles. The van der Waals surface area contributed by atoms with E-state index in [1.54, 1.807) is 25.1 Å². The second-order valence-corrected chi connectivity index (χ2v) is 8.52. The first-order valence-electron chi connectivity index (χ1n) is 9.22. The van der Waals surface area contributed by atoms with Crippen LogP contribution in [-0.2, 0) is 9.53 Å². The summed E-state index contributed by atoms with van der Waals surface area (Å²) in [5.74, 6) is -0.0322. The van der Waals surface area contributed by atoms with Gasteiger partial charge >= 0.3 is 5.97 Å². The number of ether oxygens (including phenoxy) is 3. The van der Waals surface area contributed by atoms with Gasteiger partial charge in [0.2, 0.25) is 17.9 Å². The summed E-state index contributed by atoms with van der Waals surface area (Å²) < 4.78 is 16.9. The Bertz CT molecular complexity index is 1220. The molecule has 0 fully saturated rings. The Morgan fingerprint density at radius 2 is 2.06 bits per heavy atom. The summed E-state index contributed by atoms with van der Waals surface area (Å²) in [6.07, 6.45) is 0. The number of esters is 1. The Morgan fingerprint density at radius 1 is 1.28 bits per heavy atom. The van der Waals surface area contributed by atoms with E-state index in [0.29, 0.717) is 32.8 Å². The van der Waals surface area contributed by atoms with Gasteiger partial charge in [-0.05, 0) is 42.0 Å². The van der Waals surface area contributed by atoms with Gasteiger partial charge in [0.15, 0.2) is 17.3 Å². The molecule has 1 aliphatic heterocycles. The molecule has 2 aromatic heterocycles. The predicted molar refractivity (Wildman–Crippen MR) is 115 cm³/mol. The highest BCUT2D eigenvalue weighted by atomic mass is 32.2. The number of carbonyl (C=O) groups excluding carboxylic acids is 3. The maximum Gasteiger partial charge on any atom is 0.341 e. The molecule has 0 atom stereocenters. The zero-order valence-electron chi connectivity index (χ0n) is 17.2. The van der Waals surface area contributed by atoms with Crippen molar-refractivity contribution in [2.75, 3.05) is 25.0 Å². The van der Waals surface area contributed by atoms with Gasteiger partial charge in [-0.2, -0.15) is 4.68 Å². The third kappa shape index (κ3) is 4.16. The van der Waals surface area contributed by atoms with Crippen LogP contribution in [-0.4, -0.2) is 57.5 Å². The second kappa shape index (κ2) is 8.96. The fraction of sp³-hybridized carbons (Fsp3) is 0.263. The van der Waals surface area contributed by atoms with Crippen molar-refractivity contribution in [1.82, 2.24) is 20.2 Å². The number of tetrazole rings is 1. The molecule has 1 N–H and O–H groups in total. The first-order valence-corrected chi connectivity index (χ1v) is 11.0. The van der Waals surface area contributed by atoms with E-state index in [1.807, 2.05) is 0 Å². The number of amides is 1. The smallest absolute Gasteiger partial charge is 0.341 e. The Balaban J connectivity index is 1.48. The molecule has 1 amide bonds. The van der Waals surface area contributed by atoms with Crippen LogP contribution in [0.2, 0.25) is 0 Å². The highest BCUT2D eigenvalue weighted by Gasteiger charge is 2.25. The number of benzene rings is 1. The maximum atomic E-state index is 12.6. The number of hydrogen-bond donors (Lipinski definition) is 1. The number of hydrogen-bond acceptors (Lipinski definition) is 11. The largest absolute Gasteiger partial charge is 0.465 e. The Morgan fingerprint density at radius 3 is 2.81 bits per heavy atom. The number of methoxy groups -OCH3 is 1. The van der Waals surface area contributed by atoms with Crippen molar-refractivity contribution in [3.05, 3.63) is 34.2 Å². The number of nitrogens with one attached hydrogen (secondary N) is 1. The van der Waals surface area contributed by atoms with Crippen molar-refractivity contribution >= 4 is 45.8 Å². The Labute approximate surface area is 190 Å². The topological polar surface area (TPSA) is 135 Å². The third-order valence-electron chi connectivity index (χ3n) is 4.48. The molecule has 1 aromatic carbocycles. The van der Waals surface area contributed by atoms with Crippen LogP contribution in [0.3, 0.4) is 0 Å². The molecule has 0 saturated carbocycles. The summed E-state index contributed by atoms with van der Waals surface area (Å²) >= 11 is 2.15. The lowest BCUT2D eigenvalue weighted by Gasteiger charge is -2.07. The van der Waals surface area contributed by atoms with Gasteiger partial charge in [0, 0.05) is 6.07 Å². The number of anilines is 1. The van der Waals surface area contributed by atoms with E-state index in [9.17, 15) is 14.4 Å². The zero-order valence-corrected chi connectivity index (χ0v) is 18.8. The zero-order chi connectivity index (χ0) is 22.8. The van der Waals surface area contributed by atoms with Crippen LogP contribution in [0.5, 0.6) is 11.5 Å². The molecule has 0 unspecified atom stereocenters. The maximum absolute atomic E-state index is 12.6. The molecule has 166 valence electrons. The van der Waals surface area contributed by atoms with E-state index in [1.165, 1.54) is 18.7 Å². The minimum absolute atomic E-state index is 0.0299. The number of thiophene rings is 1. The molecule has 0 bridgehead atoms. The lowest BCUT2D eigenvalue weighted by Crippen LogP contribution is -2.16. The van der Waals surface area contributed by atoms with E-state index < -0.39 is 11.9 Å². The molecule has 0 aliphatic carbocycles. The van der Waals surface area contributed by atoms with Gasteiger partial charge < -0.3 is 19.5 Å². The average Bonchev–Trinajstić information content (AvgIpc) is 3.49. The number of rotatable bonds is 7. The van der Waals surface area contributed by atoms with Crippen molar-refractivity contribution in [2.45, 2.75) is 19.0 Å². The van der Waals surface area contributed by atoms with Crippen LogP contribution < -0.4 is 14.8 Å². The van der Waals surface area contributed by atoms with Gasteiger partial charge in [-0.3, -0.25) is 9.59 Å². The van der Waals surface area contributed by atoms with Crippen molar-refractivity contribution in [3.63, 3.8) is 0 Å². The molecule has 0 radical (unpaired) electrons. The fourth-order valence-corrected chi connectivity index (χ4v) is 4.82. The highest BCUT2D eigenvalue weighted by molar-refractivity contribution is 7.99. The molecular weight excluding hydrogens is 458 g/mol. The monoisotopic (exact) mass is 475 g/mol. The van der Waals surface area contributed by atoms with Gasteiger partial charge in [0.05, 0.1) is 29.0 Å². The standard InChI is InChI=1S/C19H17N5O6S2/c1-9-15(18(27)28-3)17(32-16(9)10(2)25)20-14(26)7-31-19-21-22-23-24(19)11-4-5-12-13(6-11)30-8-29-12/h4-6H,7-8H2,1-3H3,(H,20,26). The lowest BCUT2D eigenvalue weighted by molar-refractivity contribution is -0.113. The van der Waals surface area contributed by atoms with E-state index in [4.69, 9.17) is 14.2 Å². The predicted octanol–water partition coefficient (Wildman–Crippen LogP) is 2.48. The number of carbonyl (C=O) groups is 3. The summed E-state index contributed by atoms with van der Waals surface area (Å²) in [6, 6.07) is 5.26. The number of ketones is 1. The van der Waals surface area contributed by atoms with Crippen LogP contribution in [0.1, 0.15) is 32.5 Å². The summed E-state index contributed by atoms with van der Waals surface area (Å²) in [7, 11) is 1.24. The second-order valence-electron chi connectivity index (χ2n) is 6.56. The molecule has 1 aliphatic rings. The van der Waals surface area contributed by atoms with Crippen LogP contribution in [0.15, 0.2) is 23.4 Å². The Kier molecular flexibility index (Phi) is 6.10. The molecule has 0 spiro atoms. The average molecular weight is 476 g/mol. The van der Waals surface area contributed by atoms with Crippen molar-refractivity contribution in [1.29, 1.82) is 0 Å². The van der Waals surface area contributed by atoms with Gasteiger partial charge in [-0.15, -0.1) is 16.4 Å². The van der Waals surface area contributed by atoms with E-state index >= 15 is 0 Å². The molecule has 13 heteroatoms. The summed E-state index contributed by atoms with van der Waals surface area (Å²) in [5.41, 5.74) is 1.30. The molecule has 4 rings (SSSR count). The van der Waals surface area contributed by atoms with Gasteiger partial charge in [-0.1, -0.05) is 11.8 Å². The fourth-order valence-electron chi connectivity index (χ4n) is 3.03. The molecule has 11 nitrogen and oxygen atoms in total. The summed E-state index contributed by atoms with van der Waals surface area (Å²) in [5, 5.41) is 14.9. The minimum atomic E-state index is -0.624. The number of nitrogens with zero attached hydrogens (tertiary/aromatic N) is 4. The first-order chi connectivity index (χ1) is 15.4. The number of aromatic nitrogens is 4. The normalized spacial score (nSPS) is 12.0. The van der Waals surface area contributed by atoms with Crippen LogP contribution in [0, 0.1) is 6.92 Å². The van der Waals surface area contributed by atoms with Gasteiger partial charge in [0.1, 0.15) is 5.00 Å². The number of Topliss-reactive ketones (excluding diaryl/α,β-unsaturated/α-hetero) is 1. The lowest BCUT2D eigenvalue weighted by atomic mass is 10.1. The molecular formula is C19H17N5O6S2. The van der Waals surface area contributed by atoms with Gasteiger partial charge in [0.25, 0.3) is 0 Å². The summed E-state index contributed by atoms with van der Waals surface area (Å²) in [6.45, 7) is 3.19. The third-order valence-corrected chi connectivity index (χ3v) is 6.71. The van der Waals surface area contributed by atoms with E-state index in [-0.39, 0.29) is 28.9 Å². The van der Waals surface area contributed by atoms with Crippen LogP contribution >= 0.6 is 23.1 Å². The van der Waals surface area contributed by atoms with Crippen molar-refractivity contribution < 1.29 is 28.6 Å². The molecule has 0 saturated heterocycles. The number of thioether (sulfide) groups is 1. The number of fused-ring (bicyclic) bond motifs is 1.